The van der Waals surface area contributed by atoms with Crippen LogP contribution in [0, 0.1) is 0 Å². The molecule has 10 rings (SSSR count). The second-order valence-corrected chi connectivity index (χ2v) is 18.1. The smallest absolute Gasteiger partial charge is 0.0624 e. The van der Waals surface area contributed by atoms with E-state index in [1.54, 1.807) is 0 Å². The predicted molar refractivity (Wildman–Crippen MR) is 228 cm³/mol. The van der Waals surface area contributed by atoms with Crippen LogP contribution < -0.4 is 15.6 Å². The first-order chi connectivity index (χ1) is 25.7. The lowest BCUT2D eigenvalue weighted by Gasteiger charge is -2.31. The molecule has 0 aromatic heterocycles. The van der Waals surface area contributed by atoms with Crippen molar-refractivity contribution in [1.29, 1.82) is 0 Å². The van der Waals surface area contributed by atoms with E-state index in [1.165, 1.54) is 91.7 Å². The summed E-state index contributed by atoms with van der Waals surface area (Å²) in [6.45, 7) is 2.54. The molecule has 10 aromatic rings. The van der Waals surface area contributed by atoms with Crippen LogP contribution in [0.4, 0.5) is 0 Å². The Balaban J connectivity index is 1.28. The van der Waals surface area contributed by atoms with Crippen molar-refractivity contribution in [2.24, 2.45) is 0 Å². The highest BCUT2D eigenvalue weighted by Crippen LogP contribution is 2.46. The van der Waals surface area contributed by atoms with Crippen molar-refractivity contribution in [1.82, 2.24) is 0 Å². The van der Waals surface area contributed by atoms with E-state index < -0.39 is 8.07 Å². The van der Waals surface area contributed by atoms with Crippen LogP contribution in [0.5, 0.6) is 0 Å². The lowest BCUT2D eigenvalue weighted by atomic mass is 9.84. The number of rotatable bonds is 5. The van der Waals surface area contributed by atoms with Gasteiger partial charge in [-0.1, -0.05) is 207 Å². The maximum Gasteiger partial charge on any atom is 0.146 e. The maximum atomic E-state index is 2.54. The van der Waals surface area contributed by atoms with E-state index in [4.69, 9.17) is 0 Å². The van der Waals surface area contributed by atoms with E-state index in [2.05, 4.69) is 207 Å². The Morgan fingerprint density at radius 2 is 0.769 bits per heavy atom. The number of hydrogen-bond donors (Lipinski definition) is 0. The van der Waals surface area contributed by atoms with Crippen molar-refractivity contribution in [3.63, 3.8) is 0 Å². The second kappa shape index (κ2) is 12.2. The number of hydrogen-bond acceptors (Lipinski definition) is 0. The molecule has 0 radical (unpaired) electrons. The van der Waals surface area contributed by atoms with Crippen molar-refractivity contribution in [2.75, 3.05) is 0 Å². The molecule has 0 aliphatic carbocycles. The van der Waals surface area contributed by atoms with Crippen LogP contribution in [-0.2, 0) is 0 Å². The van der Waals surface area contributed by atoms with Gasteiger partial charge in [-0.3, -0.25) is 0 Å². The summed E-state index contributed by atoms with van der Waals surface area (Å²) in [5.74, 6) is 0. The molecule has 0 saturated carbocycles. The van der Waals surface area contributed by atoms with Crippen LogP contribution in [0.25, 0.3) is 76.1 Å². The second-order valence-electron chi connectivity index (χ2n) is 14.1. The third-order valence-corrected chi connectivity index (χ3v) is 15.9. The van der Waals surface area contributed by atoms with Crippen LogP contribution in [0.15, 0.2) is 200 Å². The molecule has 0 N–H and O–H groups in total. The third kappa shape index (κ3) is 4.67. The van der Waals surface area contributed by atoms with Gasteiger partial charge >= 0.3 is 0 Å². The normalized spacial score (nSPS) is 12.9. The average molecular weight is 677 g/mol. The largest absolute Gasteiger partial charge is 0.146 e. The van der Waals surface area contributed by atoms with Crippen LogP contribution in [0.1, 0.15) is 0 Å². The van der Waals surface area contributed by atoms with E-state index >= 15 is 0 Å². The molecule has 10 aromatic carbocycles. The fraction of sp³-hybridized carbons (Fsp3) is 0.0196. The third-order valence-electron chi connectivity index (χ3n) is 11.4. The van der Waals surface area contributed by atoms with Gasteiger partial charge in [0.1, 0.15) is 8.07 Å². The summed E-state index contributed by atoms with van der Waals surface area (Å²) in [6.07, 6.45) is 0. The highest BCUT2D eigenvalue weighted by atomic mass is 28.3. The number of fused-ring (bicyclic) bond motifs is 5. The Labute approximate surface area is 305 Å². The van der Waals surface area contributed by atoms with Gasteiger partial charge in [0.05, 0.1) is 0 Å². The summed E-state index contributed by atoms with van der Waals surface area (Å²) in [5, 5.41) is 17.1. The van der Waals surface area contributed by atoms with Crippen molar-refractivity contribution in [3.05, 3.63) is 200 Å². The summed E-state index contributed by atoms with van der Waals surface area (Å²) in [7, 11) is -2.47. The summed E-state index contributed by atoms with van der Waals surface area (Å²) in [4.78, 5) is 0. The van der Waals surface area contributed by atoms with E-state index in [1.807, 2.05) is 0 Å². The summed E-state index contributed by atoms with van der Waals surface area (Å²) < 4.78 is 0. The van der Waals surface area contributed by atoms with Crippen molar-refractivity contribution < 1.29 is 0 Å². The highest BCUT2D eigenvalue weighted by molar-refractivity contribution is 7.11. The molecule has 0 bridgehead atoms. The standard InChI is InChI=1S/C51H36Si/c1-52(38-20-3-2-4-21-38,39-31-30-35-16-5-6-18-37(35)34-39)49-33-32-48(41-23-9-10-24-42(41)49)51-46-27-13-11-25-44(46)50(45-26-12-14-28-47(45)51)43-29-15-19-36-17-7-8-22-40(36)43/h2-34H,1H3. The molecule has 0 heterocycles. The molecule has 0 aliphatic rings. The number of benzene rings is 10. The Kier molecular flexibility index (Phi) is 7.16. The van der Waals surface area contributed by atoms with Crippen LogP contribution >= 0.6 is 0 Å². The zero-order valence-corrected chi connectivity index (χ0v) is 30.1. The van der Waals surface area contributed by atoms with Crippen LogP contribution in [-0.4, -0.2) is 8.07 Å². The Morgan fingerprint density at radius 3 is 1.42 bits per heavy atom. The van der Waals surface area contributed by atoms with Gasteiger partial charge in [0, 0.05) is 0 Å². The quantitative estimate of drug-likeness (QED) is 0.0967. The van der Waals surface area contributed by atoms with Crippen LogP contribution in [0.3, 0.4) is 0 Å². The minimum atomic E-state index is -2.47. The Hall–Kier alpha value is -6.28. The summed E-state index contributed by atoms with van der Waals surface area (Å²) in [5.41, 5.74) is 5.15. The average Bonchev–Trinajstić information content (AvgIpc) is 3.22. The molecule has 52 heavy (non-hydrogen) atoms. The predicted octanol–water partition coefficient (Wildman–Crippen LogP) is 11.9. The van der Waals surface area contributed by atoms with Crippen molar-refractivity contribution in [2.45, 2.75) is 6.55 Å². The molecule has 0 saturated heterocycles. The Morgan fingerprint density at radius 1 is 0.288 bits per heavy atom. The fourth-order valence-electron chi connectivity index (χ4n) is 8.85. The van der Waals surface area contributed by atoms with Gasteiger partial charge in [-0.25, -0.2) is 0 Å². The fourth-order valence-corrected chi connectivity index (χ4v) is 12.7. The van der Waals surface area contributed by atoms with Crippen molar-refractivity contribution in [3.8, 4) is 22.3 Å². The van der Waals surface area contributed by atoms with E-state index in [9.17, 15) is 0 Å². The first-order valence-corrected chi connectivity index (χ1v) is 20.7. The summed E-state index contributed by atoms with van der Waals surface area (Å²) in [6, 6.07) is 74.7. The van der Waals surface area contributed by atoms with Gasteiger partial charge in [-0.2, -0.15) is 0 Å². The van der Waals surface area contributed by atoms with Gasteiger partial charge in [-0.15, -0.1) is 0 Å². The Bertz CT molecular complexity index is 2910. The first kappa shape index (κ1) is 30.5. The molecular formula is C51H36Si. The minimum Gasteiger partial charge on any atom is -0.0624 e. The van der Waals surface area contributed by atoms with Crippen LogP contribution in [0.2, 0.25) is 6.55 Å². The molecule has 0 aliphatic heterocycles. The maximum absolute atomic E-state index is 2.54. The molecule has 244 valence electrons. The van der Waals surface area contributed by atoms with Gasteiger partial charge in [0.15, 0.2) is 0 Å². The molecule has 0 nitrogen and oxygen atoms in total. The molecule has 0 fully saturated rings. The summed E-state index contributed by atoms with van der Waals surface area (Å²) >= 11 is 0. The topological polar surface area (TPSA) is 0 Å². The zero-order valence-electron chi connectivity index (χ0n) is 29.1. The minimum absolute atomic E-state index is 1.26. The highest BCUT2D eigenvalue weighted by Gasteiger charge is 2.36. The monoisotopic (exact) mass is 676 g/mol. The van der Waals surface area contributed by atoms with E-state index in [0.717, 1.165) is 0 Å². The lowest BCUT2D eigenvalue weighted by molar-refractivity contribution is 1.68. The van der Waals surface area contributed by atoms with E-state index in [-0.39, 0.29) is 0 Å². The molecule has 1 unspecified atom stereocenters. The van der Waals surface area contributed by atoms with E-state index in [0.29, 0.717) is 0 Å². The molecular weight excluding hydrogens is 641 g/mol. The lowest BCUT2D eigenvalue weighted by Crippen LogP contribution is -2.64. The molecule has 1 atom stereocenters. The zero-order chi connectivity index (χ0) is 34.6. The molecule has 0 amide bonds. The molecule has 1 heteroatoms. The van der Waals surface area contributed by atoms with Gasteiger partial charge in [0.25, 0.3) is 0 Å². The molecule has 0 spiro atoms. The first-order valence-electron chi connectivity index (χ1n) is 18.2. The van der Waals surface area contributed by atoms with Gasteiger partial charge in [0.2, 0.25) is 0 Å². The SMILES string of the molecule is C[Si](c1ccccc1)(c1ccc2ccccc2c1)c1ccc(-c2c3ccccc3c(-c3cccc4ccccc34)c3ccccc23)c2ccccc12. The van der Waals surface area contributed by atoms with Crippen molar-refractivity contribution >= 4 is 77.5 Å². The van der Waals surface area contributed by atoms with Gasteiger partial charge < -0.3 is 0 Å². The van der Waals surface area contributed by atoms with Gasteiger partial charge in [-0.05, 0) is 91.7 Å².